The van der Waals surface area contributed by atoms with Gasteiger partial charge in [0.25, 0.3) is 5.91 Å². The number of amides is 1. The summed E-state index contributed by atoms with van der Waals surface area (Å²) in [7, 11) is -2.60. The first kappa shape index (κ1) is 19.7. The first-order chi connectivity index (χ1) is 12.2. The van der Waals surface area contributed by atoms with Crippen LogP contribution in [0.5, 0.6) is 0 Å². The number of nitrogens with zero attached hydrogens (tertiary/aromatic N) is 2. The smallest absolute Gasteiger partial charge is 0.255 e. The zero-order valence-electron chi connectivity index (χ0n) is 14.1. The molecule has 0 saturated carbocycles. The Kier molecular flexibility index (Phi) is 6.17. The molecular formula is C17H17F2N3O3S. The zero-order valence-corrected chi connectivity index (χ0v) is 14.9. The number of carbonyl (C=O) groups excluding carboxylic acids is 1. The maximum Gasteiger partial charge on any atom is 0.255 e. The molecular weight excluding hydrogens is 364 g/mol. The fourth-order valence-electron chi connectivity index (χ4n) is 2.02. The summed E-state index contributed by atoms with van der Waals surface area (Å²) in [5.41, 5.74) is 2.53. The molecule has 26 heavy (non-hydrogen) atoms. The van der Waals surface area contributed by atoms with Gasteiger partial charge in [-0.25, -0.2) is 22.6 Å². The Morgan fingerprint density at radius 3 is 2.31 bits per heavy atom. The Balaban J connectivity index is 2.01. The lowest BCUT2D eigenvalue weighted by Crippen LogP contribution is -2.36. The van der Waals surface area contributed by atoms with E-state index in [9.17, 15) is 22.0 Å². The van der Waals surface area contributed by atoms with Crippen LogP contribution in [0.25, 0.3) is 0 Å². The van der Waals surface area contributed by atoms with Crippen LogP contribution in [0.1, 0.15) is 11.1 Å². The third-order valence-corrected chi connectivity index (χ3v) is 5.30. The number of benzene rings is 2. The van der Waals surface area contributed by atoms with Gasteiger partial charge < -0.3 is 0 Å². The third kappa shape index (κ3) is 4.70. The third-order valence-electron chi connectivity index (χ3n) is 3.48. The Morgan fingerprint density at radius 2 is 1.73 bits per heavy atom. The number of aryl methyl sites for hydroxylation is 1. The van der Waals surface area contributed by atoms with Gasteiger partial charge >= 0.3 is 0 Å². The summed E-state index contributed by atoms with van der Waals surface area (Å²) in [5.74, 6) is -2.42. The molecule has 9 heteroatoms. The fraction of sp³-hybridized carbons (Fsp3) is 0.176. The van der Waals surface area contributed by atoms with Crippen molar-refractivity contribution in [1.82, 2.24) is 9.73 Å². The van der Waals surface area contributed by atoms with Crippen molar-refractivity contribution >= 4 is 22.1 Å². The molecule has 0 aliphatic rings. The van der Waals surface area contributed by atoms with E-state index in [0.717, 1.165) is 28.2 Å². The second kappa shape index (κ2) is 8.15. The second-order valence-corrected chi connectivity index (χ2v) is 7.55. The number of hydrazone groups is 1. The van der Waals surface area contributed by atoms with E-state index in [1.807, 2.05) is 12.3 Å². The molecule has 0 heterocycles. The first-order valence-corrected chi connectivity index (χ1v) is 8.95. The SMILES string of the molecule is Cc1ccc(S(=O)(=O)N(C)CC(=O)N/N=C\c2c(F)cccc2F)cc1. The number of sulfonamides is 1. The highest BCUT2D eigenvalue weighted by atomic mass is 32.2. The normalized spacial score (nSPS) is 11.9. The van der Waals surface area contributed by atoms with Crippen LogP contribution in [0, 0.1) is 18.6 Å². The Bertz CT molecular complexity index is 909. The van der Waals surface area contributed by atoms with Gasteiger partial charge in [0.05, 0.1) is 23.2 Å². The Morgan fingerprint density at radius 1 is 1.15 bits per heavy atom. The van der Waals surface area contributed by atoms with Gasteiger partial charge in [-0.15, -0.1) is 0 Å². The van der Waals surface area contributed by atoms with E-state index < -0.39 is 39.7 Å². The maximum atomic E-state index is 13.4. The van der Waals surface area contributed by atoms with Crippen LogP contribution in [-0.4, -0.2) is 38.4 Å². The minimum absolute atomic E-state index is 0.0512. The van der Waals surface area contributed by atoms with Crippen LogP contribution < -0.4 is 5.43 Å². The molecule has 1 amide bonds. The zero-order chi connectivity index (χ0) is 19.3. The highest BCUT2D eigenvalue weighted by molar-refractivity contribution is 7.89. The van der Waals surface area contributed by atoms with E-state index in [0.29, 0.717) is 0 Å². The lowest BCUT2D eigenvalue weighted by molar-refractivity contribution is -0.121. The van der Waals surface area contributed by atoms with E-state index in [1.54, 1.807) is 12.1 Å². The number of halogens is 2. The molecule has 2 aromatic carbocycles. The summed E-state index contributed by atoms with van der Waals surface area (Å²) in [6.45, 7) is 1.32. The van der Waals surface area contributed by atoms with Crippen molar-refractivity contribution in [2.24, 2.45) is 5.10 Å². The first-order valence-electron chi connectivity index (χ1n) is 7.50. The summed E-state index contributed by atoms with van der Waals surface area (Å²) >= 11 is 0. The molecule has 0 fully saturated rings. The molecule has 0 aliphatic carbocycles. The molecule has 2 aromatic rings. The van der Waals surface area contributed by atoms with Gasteiger partial charge in [0, 0.05) is 7.05 Å². The van der Waals surface area contributed by atoms with Gasteiger partial charge in [0.15, 0.2) is 0 Å². The molecule has 0 aromatic heterocycles. The number of likely N-dealkylation sites (N-methyl/N-ethyl adjacent to an activating group) is 1. The fourth-order valence-corrected chi connectivity index (χ4v) is 3.14. The predicted molar refractivity (Wildman–Crippen MR) is 93.1 cm³/mol. The lowest BCUT2D eigenvalue weighted by Gasteiger charge is -2.16. The highest BCUT2D eigenvalue weighted by Gasteiger charge is 2.22. The molecule has 0 radical (unpaired) electrons. The highest BCUT2D eigenvalue weighted by Crippen LogP contribution is 2.14. The molecule has 6 nitrogen and oxygen atoms in total. The number of carbonyl (C=O) groups is 1. The van der Waals surface area contributed by atoms with E-state index in [4.69, 9.17) is 0 Å². The van der Waals surface area contributed by atoms with Gasteiger partial charge in [-0.05, 0) is 31.2 Å². The number of hydrogen-bond donors (Lipinski definition) is 1. The van der Waals surface area contributed by atoms with Gasteiger partial charge in [-0.1, -0.05) is 23.8 Å². The molecule has 0 unspecified atom stereocenters. The molecule has 0 aliphatic heterocycles. The average Bonchev–Trinajstić information content (AvgIpc) is 2.58. The summed E-state index contributed by atoms with van der Waals surface area (Å²) in [6, 6.07) is 9.48. The molecule has 0 atom stereocenters. The van der Waals surface area contributed by atoms with E-state index >= 15 is 0 Å². The standard InChI is InChI=1S/C17H17F2N3O3S/c1-12-6-8-13(9-7-12)26(24,25)22(2)11-17(23)21-20-10-14-15(18)4-3-5-16(14)19/h3-10H,11H2,1-2H3,(H,21,23)/b20-10-. The van der Waals surface area contributed by atoms with Crippen molar-refractivity contribution in [3.05, 3.63) is 65.2 Å². The van der Waals surface area contributed by atoms with Crippen LogP contribution in [0.3, 0.4) is 0 Å². The van der Waals surface area contributed by atoms with Crippen molar-refractivity contribution < 1.29 is 22.0 Å². The van der Waals surface area contributed by atoms with Gasteiger partial charge in [0.1, 0.15) is 11.6 Å². The van der Waals surface area contributed by atoms with Crippen LogP contribution in [-0.2, 0) is 14.8 Å². The number of rotatable bonds is 6. The largest absolute Gasteiger partial charge is 0.272 e. The summed E-state index contributed by atoms with van der Waals surface area (Å²) in [6.07, 6.45) is 0.817. The summed E-state index contributed by atoms with van der Waals surface area (Å²) in [4.78, 5) is 11.9. The van der Waals surface area contributed by atoms with Crippen LogP contribution in [0.4, 0.5) is 8.78 Å². The molecule has 0 saturated heterocycles. The molecule has 0 bridgehead atoms. The summed E-state index contributed by atoms with van der Waals surface area (Å²) < 4.78 is 52.4. The average molecular weight is 381 g/mol. The molecule has 2 rings (SSSR count). The van der Waals surface area contributed by atoms with Gasteiger partial charge in [-0.2, -0.15) is 9.41 Å². The van der Waals surface area contributed by atoms with E-state index in [1.165, 1.54) is 25.2 Å². The minimum Gasteiger partial charge on any atom is -0.272 e. The Hall–Kier alpha value is -2.65. The van der Waals surface area contributed by atoms with Crippen LogP contribution >= 0.6 is 0 Å². The van der Waals surface area contributed by atoms with E-state index in [2.05, 4.69) is 5.10 Å². The van der Waals surface area contributed by atoms with Crippen molar-refractivity contribution in [2.45, 2.75) is 11.8 Å². The topological polar surface area (TPSA) is 78.8 Å². The molecule has 1 N–H and O–H groups in total. The quantitative estimate of drug-likeness (QED) is 0.614. The maximum absolute atomic E-state index is 13.4. The summed E-state index contributed by atoms with van der Waals surface area (Å²) in [5, 5.41) is 3.46. The number of nitrogens with one attached hydrogen (secondary N) is 1. The van der Waals surface area contributed by atoms with E-state index in [-0.39, 0.29) is 4.90 Å². The monoisotopic (exact) mass is 381 g/mol. The second-order valence-electron chi connectivity index (χ2n) is 5.50. The number of hydrogen-bond acceptors (Lipinski definition) is 4. The van der Waals surface area contributed by atoms with Crippen molar-refractivity contribution in [3.8, 4) is 0 Å². The van der Waals surface area contributed by atoms with Gasteiger partial charge in [-0.3, -0.25) is 4.79 Å². The lowest BCUT2D eigenvalue weighted by atomic mass is 10.2. The predicted octanol–water partition coefficient (Wildman–Crippen LogP) is 2.04. The molecule has 138 valence electrons. The van der Waals surface area contributed by atoms with Crippen LogP contribution in [0.15, 0.2) is 52.5 Å². The van der Waals surface area contributed by atoms with Crippen LogP contribution in [0.2, 0.25) is 0 Å². The van der Waals surface area contributed by atoms with Crippen molar-refractivity contribution in [2.75, 3.05) is 13.6 Å². The van der Waals surface area contributed by atoms with Crippen molar-refractivity contribution in [1.29, 1.82) is 0 Å². The Labute approximate surface area is 150 Å². The van der Waals surface area contributed by atoms with Gasteiger partial charge in [0.2, 0.25) is 10.0 Å². The molecule has 0 spiro atoms. The minimum atomic E-state index is -3.84. The van der Waals surface area contributed by atoms with Crippen molar-refractivity contribution in [3.63, 3.8) is 0 Å².